The molecule has 0 heterocycles. The summed E-state index contributed by atoms with van der Waals surface area (Å²) >= 11 is 1.23. The third-order valence-corrected chi connectivity index (χ3v) is 6.10. The molecule has 2 heteroatoms. The monoisotopic (exact) mass is 480 g/mol. The second kappa shape index (κ2) is 12.3. The summed E-state index contributed by atoms with van der Waals surface area (Å²) in [6.07, 6.45) is 0.879. The van der Waals surface area contributed by atoms with Crippen molar-refractivity contribution in [3.05, 3.63) is 136 Å². The number of carbonyl (C=O) groups excluding carboxylic acids is 1. The summed E-state index contributed by atoms with van der Waals surface area (Å²) in [4.78, 5) is 12.2. The van der Waals surface area contributed by atoms with Gasteiger partial charge in [-0.25, -0.2) is 0 Å². The van der Waals surface area contributed by atoms with Crippen molar-refractivity contribution in [2.75, 3.05) is 0 Å². The predicted molar refractivity (Wildman–Crippen MR) is 150 cm³/mol. The lowest BCUT2D eigenvalue weighted by Crippen LogP contribution is -1.89. The average molecular weight is 481 g/mol. The Balaban J connectivity index is 1.46. The highest BCUT2D eigenvalue weighted by atomic mass is 32.2. The molecule has 36 heavy (non-hydrogen) atoms. The molecule has 0 aliphatic carbocycles. The van der Waals surface area contributed by atoms with Crippen LogP contribution in [0, 0.1) is 35.5 Å². The van der Waals surface area contributed by atoms with Crippen molar-refractivity contribution >= 4 is 16.9 Å². The van der Waals surface area contributed by atoms with E-state index in [1.54, 1.807) is 6.92 Å². The maximum Gasteiger partial charge on any atom is 0.190 e. The van der Waals surface area contributed by atoms with Crippen LogP contribution in [0.25, 0.3) is 0 Å². The highest BCUT2D eigenvalue weighted by Gasteiger charge is 2.00. The van der Waals surface area contributed by atoms with E-state index in [0.29, 0.717) is 0 Å². The SMILES string of the molecule is CCc1cc(C#Cc2ccc(SC(C)=O)cc2)ccc1C#Cc1ccc(C#Cc2ccccc2)cc1. The molecule has 0 amide bonds. The van der Waals surface area contributed by atoms with Crippen LogP contribution in [0.5, 0.6) is 0 Å². The van der Waals surface area contributed by atoms with E-state index >= 15 is 0 Å². The van der Waals surface area contributed by atoms with E-state index in [1.807, 2.05) is 91.0 Å². The van der Waals surface area contributed by atoms with Gasteiger partial charge in [-0.3, -0.25) is 4.79 Å². The minimum atomic E-state index is 0.0780. The number of hydrogen-bond acceptors (Lipinski definition) is 2. The van der Waals surface area contributed by atoms with Gasteiger partial charge in [0.25, 0.3) is 0 Å². The van der Waals surface area contributed by atoms with Gasteiger partial charge in [-0.1, -0.05) is 72.4 Å². The quantitative estimate of drug-likeness (QED) is 0.225. The van der Waals surface area contributed by atoms with E-state index in [0.717, 1.165) is 44.7 Å². The number of aryl methyl sites for hydroxylation is 1. The fourth-order valence-electron chi connectivity index (χ4n) is 3.44. The highest BCUT2D eigenvalue weighted by molar-refractivity contribution is 8.13. The first-order valence-electron chi connectivity index (χ1n) is 11.7. The summed E-state index contributed by atoms with van der Waals surface area (Å²) in [5, 5.41) is 0.0780. The van der Waals surface area contributed by atoms with Gasteiger partial charge in [0, 0.05) is 45.2 Å². The molecule has 0 aliphatic heterocycles. The summed E-state index contributed by atoms with van der Waals surface area (Å²) in [6.45, 7) is 3.69. The number of carbonyl (C=O) groups is 1. The van der Waals surface area contributed by atoms with Crippen molar-refractivity contribution in [2.45, 2.75) is 25.2 Å². The summed E-state index contributed by atoms with van der Waals surface area (Å²) in [5.74, 6) is 19.4. The first-order valence-corrected chi connectivity index (χ1v) is 12.5. The van der Waals surface area contributed by atoms with Gasteiger partial charge in [0.2, 0.25) is 0 Å². The Labute approximate surface area is 218 Å². The van der Waals surface area contributed by atoms with E-state index in [1.165, 1.54) is 17.3 Å². The molecule has 0 saturated carbocycles. The van der Waals surface area contributed by atoms with Crippen molar-refractivity contribution in [1.29, 1.82) is 0 Å². The minimum Gasteiger partial charge on any atom is -0.287 e. The molecular weight excluding hydrogens is 456 g/mol. The number of thioether (sulfide) groups is 1. The fraction of sp³-hybridized carbons (Fsp3) is 0.0882. The van der Waals surface area contributed by atoms with Gasteiger partial charge in [0.05, 0.1) is 0 Å². The number of rotatable bonds is 2. The van der Waals surface area contributed by atoms with E-state index in [9.17, 15) is 4.79 Å². The smallest absolute Gasteiger partial charge is 0.190 e. The van der Waals surface area contributed by atoms with Crippen LogP contribution < -0.4 is 0 Å². The summed E-state index contributed by atoms with van der Waals surface area (Å²) < 4.78 is 0. The van der Waals surface area contributed by atoms with E-state index < -0.39 is 0 Å². The van der Waals surface area contributed by atoms with Crippen LogP contribution >= 0.6 is 11.8 Å². The lowest BCUT2D eigenvalue weighted by atomic mass is 10.0. The highest BCUT2D eigenvalue weighted by Crippen LogP contribution is 2.19. The van der Waals surface area contributed by atoms with Crippen LogP contribution in [0.1, 0.15) is 52.8 Å². The van der Waals surface area contributed by atoms with Gasteiger partial charge in [-0.2, -0.15) is 0 Å². The zero-order chi connectivity index (χ0) is 25.2. The first-order chi connectivity index (χ1) is 17.6. The van der Waals surface area contributed by atoms with Crippen molar-refractivity contribution in [1.82, 2.24) is 0 Å². The zero-order valence-corrected chi connectivity index (χ0v) is 21.1. The van der Waals surface area contributed by atoms with Gasteiger partial charge in [-0.05, 0) is 90.8 Å². The maximum atomic E-state index is 11.2. The van der Waals surface area contributed by atoms with Gasteiger partial charge in [0.1, 0.15) is 0 Å². The molecular formula is C34H24OS. The molecule has 0 bridgehead atoms. The lowest BCUT2D eigenvalue weighted by Gasteiger charge is -2.02. The van der Waals surface area contributed by atoms with Crippen molar-refractivity contribution in [3.63, 3.8) is 0 Å². The van der Waals surface area contributed by atoms with E-state index in [2.05, 4.69) is 48.5 Å². The summed E-state index contributed by atoms with van der Waals surface area (Å²) in [5.41, 5.74) is 6.99. The molecule has 4 aromatic rings. The molecule has 0 fully saturated rings. The normalized spacial score (nSPS) is 9.61. The third kappa shape index (κ3) is 7.29. The summed E-state index contributed by atoms with van der Waals surface area (Å²) in [7, 11) is 0. The molecule has 4 aromatic carbocycles. The molecule has 0 unspecified atom stereocenters. The predicted octanol–water partition coefficient (Wildman–Crippen LogP) is 7.09. The molecule has 0 N–H and O–H groups in total. The van der Waals surface area contributed by atoms with Crippen LogP contribution in [0.4, 0.5) is 0 Å². The minimum absolute atomic E-state index is 0.0780. The molecule has 0 aromatic heterocycles. The van der Waals surface area contributed by atoms with Crippen LogP contribution in [-0.2, 0) is 11.2 Å². The Morgan fingerprint density at radius 1 is 0.611 bits per heavy atom. The molecule has 172 valence electrons. The van der Waals surface area contributed by atoms with Crippen molar-refractivity contribution < 1.29 is 4.79 Å². The van der Waals surface area contributed by atoms with Gasteiger partial charge in [-0.15, -0.1) is 0 Å². The Kier molecular flexibility index (Phi) is 8.46. The topological polar surface area (TPSA) is 17.1 Å². The molecule has 1 nitrogen and oxygen atoms in total. The Morgan fingerprint density at radius 3 is 1.64 bits per heavy atom. The Hall–Kier alpha value is -4.42. The second-order valence-electron chi connectivity index (χ2n) is 8.04. The zero-order valence-electron chi connectivity index (χ0n) is 20.3. The number of benzene rings is 4. The summed E-state index contributed by atoms with van der Waals surface area (Å²) in [6, 6.07) is 31.9. The van der Waals surface area contributed by atoms with Gasteiger partial charge >= 0.3 is 0 Å². The van der Waals surface area contributed by atoms with E-state index in [-0.39, 0.29) is 5.12 Å². The van der Waals surface area contributed by atoms with Crippen LogP contribution in [-0.4, -0.2) is 5.12 Å². The van der Waals surface area contributed by atoms with E-state index in [4.69, 9.17) is 0 Å². The Morgan fingerprint density at radius 2 is 1.08 bits per heavy atom. The second-order valence-corrected chi connectivity index (χ2v) is 9.29. The maximum absolute atomic E-state index is 11.2. The fourth-order valence-corrected chi connectivity index (χ4v) is 4.05. The van der Waals surface area contributed by atoms with Crippen LogP contribution in [0.3, 0.4) is 0 Å². The number of hydrogen-bond donors (Lipinski definition) is 0. The molecule has 0 aliphatic rings. The van der Waals surface area contributed by atoms with Crippen LogP contribution in [0.2, 0.25) is 0 Å². The lowest BCUT2D eigenvalue weighted by molar-refractivity contribution is -0.109. The first kappa shape index (κ1) is 24.7. The van der Waals surface area contributed by atoms with Crippen molar-refractivity contribution in [2.24, 2.45) is 0 Å². The van der Waals surface area contributed by atoms with Crippen molar-refractivity contribution in [3.8, 4) is 35.5 Å². The van der Waals surface area contributed by atoms with Crippen LogP contribution in [0.15, 0.2) is 102 Å². The Bertz CT molecular complexity index is 1540. The van der Waals surface area contributed by atoms with Gasteiger partial charge in [0.15, 0.2) is 5.12 Å². The molecule has 4 rings (SSSR count). The van der Waals surface area contributed by atoms with Gasteiger partial charge < -0.3 is 0 Å². The standard InChI is InChI=1S/C34H24OS/c1-3-32-25-31(16-15-30-19-23-34(24-20-30)36-26(2)35)18-22-33(32)21-17-29-13-11-28(12-14-29)10-9-27-7-5-4-6-8-27/h4-8,11-14,18-20,22-25H,3H2,1-2H3. The average Bonchev–Trinajstić information content (AvgIpc) is 2.91. The molecule has 0 radical (unpaired) electrons. The largest absolute Gasteiger partial charge is 0.287 e. The molecule has 0 atom stereocenters. The third-order valence-electron chi connectivity index (χ3n) is 5.30. The molecule has 0 spiro atoms. The molecule has 0 saturated heterocycles.